The quantitative estimate of drug-likeness (QED) is 0.871. The Labute approximate surface area is 120 Å². The van der Waals surface area contributed by atoms with Gasteiger partial charge in [-0.05, 0) is 30.4 Å². The van der Waals surface area contributed by atoms with E-state index in [1.54, 1.807) is 4.90 Å². The van der Waals surface area contributed by atoms with Crippen LogP contribution >= 0.6 is 0 Å². The lowest BCUT2D eigenvalue weighted by Gasteiger charge is -2.21. The molecule has 4 nitrogen and oxygen atoms in total. The van der Waals surface area contributed by atoms with Crippen molar-refractivity contribution >= 4 is 5.91 Å². The first-order chi connectivity index (χ1) is 9.51. The average molecular weight is 276 g/mol. The van der Waals surface area contributed by atoms with Gasteiger partial charge in [-0.1, -0.05) is 31.2 Å². The van der Waals surface area contributed by atoms with Crippen LogP contribution < -0.4 is 5.73 Å². The molecule has 0 aromatic heterocycles. The molecule has 0 unspecified atom stereocenters. The third-order valence-corrected chi connectivity index (χ3v) is 4.15. The summed E-state index contributed by atoms with van der Waals surface area (Å²) in [6.07, 6.45) is 1.55. The Bertz CT molecular complexity index is 448. The second-order valence-electron chi connectivity index (χ2n) is 5.76. The predicted octanol–water partition coefficient (Wildman–Crippen LogP) is 1.31. The molecule has 1 fully saturated rings. The van der Waals surface area contributed by atoms with Gasteiger partial charge >= 0.3 is 0 Å². The maximum atomic E-state index is 12.3. The first-order valence-electron chi connectivity index (χ1n) is 7.27. The van der Waals surface area contributed by atoms with Crippen molar-refractivity contribution in [1.82, 2.24) is 4.90 Å². The molecule has 0 saturated heterocycles. The largest absolute Gasteiger partial charge is 0.391 e. The van der Waals surface area contributed by atoms with Crippen LogP contribution in [0.3, 0.4) is 0 Å². The SMILES string of the molecule is CCc1ccc(CN(C)C(=O)[C@H]2C[C@@H](N)[C@H](O)C2)cc1. The van der Waals surface area contributed by atoms with E-state index in [-0.39, 0.29) is 17.9 Å². The molecule has 1 aliphatic carbocycles. The van der Waals surface area contributed by atoms with Crippen LogP contribution in [0, 0.1) is 5.92 Å². The zero-order chi connectivity index (χ0) is 14.7. The zero-order valence-corrected chi connectivity index (χ0v) is 12.2. The summed E-state index contributed by atoms with van der Waals surface area (Å²) in [7, 11) is 1.81. The van der Waals surface area contributed by atoms with Gasteiger partial charge in [-0.3, -0.25) is 4.79 Å². The Hall–Kier alpha value is -1.39. The van der Waals surface area contributed by atoms with Crippen LogP contribution in [0.15, 0.2) is 24.3 Å². The monoisotopic (exact) mass is 276 g/mol. The third-order valence-electron chi connectivity index (χ3n) is 4.15. The lowest BCUT2D eigenvalue weighted by molar-refractivity contribution is -0.134. The van der Waals surface area contributed by atoms with Gasteiger partial charge in [0.2, 0.25) is 5.91 Å². The fourth-order valence-electron chi connectivity index (χ4n) is 2.79. The van der Waals surface area contributed by atoms with E-state index in [1.807, 2.05) is 7.05 Å². The van der Waals surface area contributed by atoms with Crippen molar-refractivity contribution in [3.8, 4) is 0 Å². The molecular formula is C16H24N2O2. The molecule has 110 valence electrons. The van der Waals surface area contributed by atoms with Crippen molar-refractivity contribution in [2.24, 2.45) is 11.7 Å². The number of aryl methyl sites for hydroxylation is 1. The predicted molar refractivity (Wildman–Crippen MR) is 79.0 cm³/mol. The minimum absolute atomic E-state index is 0.0802. The van der Waals surface area contributed by atoms with E-state index in [0.717, 1.165) is 12.0 Å². The topological polar surface area (TPSA) is 66.6 Å². The highest BCUT2D eigenvalue weighted by Gasteiger charge is 2.35. The number of rotatable bonds is 4. The number of nitrogens with zero attached hydrogens (tertiary/aromatic N) is 1. The van der Waals surface area contributed by atoms with Crippen LogP contribution in [0.4, 0.5) is 0 Å². The molecule has 1 aromatic carbocycles. The number of nitrogens with two attached hydrogens (primary N) is 1. The number of amides is 1. The lowest BCUT2D eigenvalue weighted by Crippen LogP contribution is -2.32. The highest BCUT2D eigenvalue weighted by Crippen LogP contribution is 2.26. The fourth-order valence-corrected chi connectivity index (χ4v) is 2.79. The van der Waals surface area contributed by atoms with Crippen molar-refractivity contribution in [1.29, 1.82) is 0 Å². The van der Waals surface area contributed by atoms with Gasteiger partial charge < -0.3 is 15.7 Å². The van der Waals surface area contributed by atoms with Crippen molar-refractivity contribution in [2.75, 3.05) is 7.05 Å². The summed E-state index contributed by atoms with van der Waals surface area (Å²) in [6.45, 7) is 2.73. The molecule has 0 spiro atoms. The van der Waals surface area contributed by atoms with Gasteiger partial charge in [0, 0.05) is 25.6 Å². The summed E-state index contributed by atoms with van der Waals surface area (Å²) in [5.41, 5.74) is 8.19. The van der Waals surface area contributed by atoms with Gasteiger partial charge in [0.05, 0.1) is 6.10 Å². The van der Waals surface area contributed by atoms with Crippen molar-refractivity contribution in [3.63, 3.8) is 0 Å². The molecule has 4 heteroatoms. The van der Waals surface area contributed by atoms with Crippen LogP contribution in [0.5, 0.6) is 0 Å². The smallest absolute Gasteiger partial charge is 0.225 e. The number of aliphatic hydroxyl groups is 1. The molecule has 2 rings (SSSR count). The Morgan fingerprint density at radius 1 is 1.30 bits per heavy atom. The summed E-state index contributed by atoms with van der Waals surface area (Å²) in [4.78, 5) is 14.1. The maximum Gasteiger partial charge on any atom is 0.225 e. The summed E-state index contributed by atoms with van der Waals surface area (Å²) in [6, 6.07) is 8.07. The van der Waals surface area contributed by atoms with Crippen LogP contribution in [0.2, 0.25) is 0 Å². The van der Waals surface area contributed by atoms with E-state index < -0.39 is 6.10 Å². The summed E-state index contributed by atoms with van der Waals surface area (Å²) in [5, 5.41) is 9.65. The normalized spacial score (nSPS) is 25.7. The molecule has 1 aliphatic rings. The number of carbonyl (C=O) groups excluding carboxylic acids is 1. The number of hydrogen-bond donors (Lipinski definition) is 2. The number of benzene rings is 1. The third kappa shape index (κ3) is 3.38. The highest BCUT2D eigenvalue weighted by molar-refractivity contribution is 5.79. The molecule has 3 N–H and O–H groups in total. The maximum absolute atomic E-state index is 12.3. The standard InChI is InChI=1S/C16H24N2O2/c1-3-11-4-6-12(7-5-11)10-18(2)16(20)13-8-14(17)15(19)9-13/h4-7,13-15,19H,3,8-10,17H2,1-2H3/t13-,14+,15+/m0/s1. The summed E-state index contributed by atoms with van der Waals surface area (Å²) < 4.78 is 0. The van der Waals surface area contributed by atoms with Gasteiger partial charge in [-0.15, -0.1) is 0 Å². The lowest BCUT2D eigenvalue weighted by atomic mass is 10.1. The second kappa shape index (κ2) is 6.37. The Morgan fingerprint density at radius 3 is 2.40 bits per heavy atom. The molecule has 0 bridgehead atoms. The first-order valence-corrected chi connectivity index (χ1v) is 7.27. The van der Waals surface area contributed by atoms with Gasteiger partial charge in [-0.2, -0.15) is 0 Å². The van der Waals surface area contributed by atoms with E-state index >= 15 is 0 Å². The summed E-state index contributed by atoms with van der Waals surface area (Å²) in [5.74, 6) is -0.0588. The van der Waals surface area contributed by atoms with E-state index in [2.05, 4.69) is 31.2 Å². The van der Waals surface area contributed by atoms with E-state index in [0.29, 0.717) is 19.4 Å². The Balaban J connectivity index is 1.93. The molecule has 1 amide bonds. The number of aliphatic hydroxyl groups excluding tert-OH is 1. The fraction of sp³-hybridized carbons (Fsp3) is 0.562. The molecule has 0 heterocycles. The highest BCUT2D eigenvalue weighted by atomic mass is 16.3. The van der Waals surface area contributed by atoms with Crippen LogP contribution in [0.1, 0.15) is 30.9 Å². The van der Waals surface area contributed by atoms with Gasteiger partial charge in [0.1, 0.15) is 0 Å². The number of hydrogen-bond acceptors (Lipinski definition) is 3. The van der Waals surface area contributed by atoms with E-state index in [4.69, 9.17) is 5.73 Å². The molecule has 1 aromatic rings. The first kappa shape index (κ1) is 15.0. The molecular weight excluding hydrogens is 252 g/mol. The molecule has 20 heavy (non-hydrogen) atoms. The molecule has 0 aliphatic heterocycles. The van der Waals surface area contributed by atoms with E-state index in [9.17, 15) is 9.90 Å². The molecule has 0 radical (unpaired) electrons. The Kier molecular flexibility index (Phi) is 4.78. The van der Waals surface area contributed by atoms with Gasteiger partial charge in [0.25, 0.3) is 0 Å². The second-order valence-corrected chi connectivity index (χ2v) is 5.76. The molecule has 3 atom stereocenters. The molecule has 1 saturated carbocycles. The average Bonchev–Trinajstić information content (AvgIpc) is 2.78. The van der Waals surface area contributed by atoms with Gasteiger partial charge in [-0.25, -0.2) is 0 Å². The van der Waals surface area contributed by atoms with Crippen molar-refractivity contribution in [3.05, 3.63) is 35.4 Å². The summed E-state index contributed by atoms with van der Waals surface area (Å²) >= 11 is 0. The minimum atomic E-state index is -0.541. The zero-order valence-electron chi connectivity index (χ0n) is 12.2. The minimum Gasteiger partial charge on any atom is -0.391 e. The van der Waals surface area contributed by atoms with Crippen LogP contribution in [-0.4, -0.2) is 35.1 Å². The van der Waals surface area contributed by atoms with Crippen molar-refractivity contribution in [2.45, 2.75) is 44.9 Å². The Morgan fingerprint density at radius 2 is 1.90 bits per heavy atom. The van der Waals surface area contributed by atoms with Crippen LogP contribution in [-0.2, 0) is 17.8 Å². The van der Waals surface area contributed by atoms with Gasteiger partial charge in [0.15, 0.2) is 0 Å². The van der Waals surface area contributed by atoms with E-state index in [1.165, 1.54) is 5.56 Å². The van der Waals surface area contributed by atoms with Crippen LogP contribution in [0.25, 0.3) is 0 Å². The van der Waals surface area contributed by atoms with Crippen molar-refractivity contribution < 1.29 is 9.90 Å². The number of carbonyl (C=O) groups is 1.